The number of aromatic nitrogens is 2. The number of hydrogen-bond donors (Lipinski definition) is 1. The Morgan fingerprint density at radius 3 is 2.55 bits per heavy atom. The van der Waals surface area contributed by atoms with Gasteiger partial charge < -0.3 is 10.6 Å². The van der Waals surface area contributed by atoms with E-state index in [1.54, 1.807) is 0 Å². The predicted octanol–water partition coefficient (Wildman–Crippen LogP) is 1.68. The molecular formula is C15H26N4O. The molecule has 0 aliphatic carbocycles. The van der Waals surface area contributed by atoms with Gasteiger partial charge in [0, 0.05) is 24.8 Å². The summed E-state index contributed by atoms with van der Waals surface area (Å²) in [5, 5.41) is 4.48. The average Bonchev–Trinajstić information content (AvgIpc) is 2.93. The molecule has 1 aromatic rings. The molecule has 1 amide bonds. The fraction of sp³-hybridized carbons (Fsp3) is 0.733. The van der Waals surface area contributed by atoms with E-state index in [9.17, 15) is 4.79 Å². The summed E-state index contributed by atoms with van der Waals surface area (Å²) >= 11 is 0. The summed E-state index contributed by atoms with van der Waals surface area (Å²) in [6.45, 7) is 8.88. The minimum absolute atomic E-state index is 0.0742. The van der Waals surface area contributed by atoms with Crippen LogP contribution in [-0.2, 0) is 11.8 Å². The molecule has 2 heterocycles. The first-order valence-electron chi connectivity index (χ1n) is 7.40. The van der Waals surface area contributed by atoms with Gasteiger partial charge in [-0.15, -0.1) is 0 Å². The number of carbonyl (C=O) groups excluding carboxylic acids is 1. The number of aryl methyl sites for hydroxylation is 2. The molecule has 112 valence electrons. The van der Waals surface area contributed by atoms with Crippen molar-refractivity contribution in [3.05, 3.63) is 17.0 Å². The molecule has 0 radical (unpaired) electrons. The lowest BCUT2D eigenvalue weighted by molar-refractivity contribution is -0.134. The van der Waals surface area contributed by atoms with Crippen molar-refractivity contribution in [1.29, 1.82) is 0 Å². The van der Waals surface area contributed by atoms with Crippen LogP contribution in [0.5, 0.6) is 0 Å². The second kappa shape index (κ2) is 5.56. The molecule has 0 aromatic carbocycles. The molecule has 0 spiro atoms. The van der Waals surface area contributed by atoms with Gasteiger partial charge in [0.1, 0.15) is 0 Å². The minimum Gasteiger partial charge on any atom is -0.334 e. The van der Waals surface area contributed by atoms with Crippen LogP contribution in [0.2, 0.25) is 0 Å². The van der Waals surface area contributed by atoms with E-state index in [4.69, 9.17) is 5.73 Å². The fourth-order valence-corrected chi connectivity index (χ4v) is 3.08. The maximum Gasteiger partial charge on any atom is 0.240 e. The SMILES string of the molecule is Cc1nn(C)c(C)c1C1CCCN1C(=O)[C@@H](N)C(C)C. The molecule has 2 atom stereocenters. The first kappa shape index (κ1) is 15.0. The third-order valence-electron chi connectivity index (χ3n) is 4.44. The maximum atomic E-state index is 12.6. The Morgan fingerprint density at radius 2 is 2.05 bits per heavy atom. The van der Waals surface area contributed by atoms with Crippen LogP contribution in [0.3, 0.4) is 0 Å². The lowest BCUT2D eigenvalue weighted by Gasteiger charge is -2.29. The van der Waals surface area contributed by atoms with Gasteiger partial charge in [-0.2, -0.15) is 5.10 Å². The molecule has 1 aliphatic rings. The molecule has 0 bridgehead atoms. The van der Waals surface area contributed by atoms with Crippen molar-refractivity contribution in [3.8, 4) is 0 Å². The summed E-state index contributed by atoms with van der Waals surface area (Å²) in [5.41, 5.74) is 9.42. The van der Waals surface area contributed by atoms with Crippen LogP contribution in [0.4, 0.5) is 0 Å². The maximum absolute atomic E-state index is 12.6. The summed E-state index contributed by atoms with van der Waals surface area (Å²) in [6, 6.07) is -0.270. The molecule has 5 heteroatoms. The van der Waals surface area contributed by atoms with Crippen LogP contribution in [0.25, 0.3) is 0 Å². The summed E-state index contributed by atoms with van der Waals surface area (Å²) in [4.78, 5) is 14.5. The van der Waals surface area contributed by atoms with Crippen molar-refractivity contribution in [2.24, 2.45) is 18.7 Å². The normalized spacial score (nSPS) is 20.8. The van der Waals surface area contributed by atoms with Crippen molar-refractivity contribution in [2.45, 2.75) is 52.6 Å². The second-order valence-electron chi connectivity index (χ2n) is 6.17. The number of hydrogen-bond acceptors (Lipinski definition) is 3. The Hall–Kier alpha value is -1.36. The van der Waals surface area contributed by atoms with Crippen molar-refractivity contribution in [3.63, 3.8) is 0 Å². The van der Waals surface area contributed by atoms with Gasteiger partial charge in [0.25, 0.3) is 0 Å². The van der Waals surface area contributed by atoms with Crippen LogP contribution in [0.15, 0.2) is 0 Å². The summed E-state index contributed by atoms with van der Waals surface area (Å²) in [6.07, 6.45) is 2.04. The first-order valence-corrected chi connectivity index (χ1v) is 7.40. The number of carbonyl (C=O) groups is 1. The molecule has 20 heavy (non-hydrogen) atoms. The third kappa shape index (κ3) is 2.46. The number of nitrogens with zero attached hydrogens (tertiary/aromatic N) is 3. The van der Waals surface area contributed by atoms with Crippen molar-refractivity contribution in [2.75, 3.05) is 6.54 Å². The smallest absolute Gasteiger partial charge is 0.240 e. The standard InChI is InChI=1S/C15H26N4O/c1-9(2)14(16)15(20)19-8-6-7-12(19)13-10(3)17-18(5)11(13)4/h9,12,14H,6-8,16H2,1-5H3/t12?,14-/m0/s1. The highest BCUT2D eigenvalue weighted by Crippen LogP contribution is 2.35. The van der Waals surface area contributed by atoms with E-state index >= 15 is 0 Å². The van der Waals surface area contributed by atoms with Gasteiger partial charge in [0.05, 0.1) is 17.8 Å². The Kier molecular flexibility index (Phi) is 4.18. The minimum atomic E-state index is -0.409. The van der Waals surface area contributed by atoms with E-state index < -0.39 is 6.04 Å². The molecule has 2 N–H and O–H groups in total. The second-order valence-corrected chi connectivity index (χ2v) is 6.17. The van der Waals surface area contributed by atoms with Gasteiger partial charge in [-0.05, 0) is 32.6 Å². The van der Waals surface area contributed by atoms with Gasteiger partial charge in [-0.3, -0.25) is 9.48 Å². The number of rotatable bonds is 3. The molecule has 5 nitrogen and oxygen atoms in total. The molecule has 2 rings (SSSR count). The summed E-state index contributed by atoms with van der Waals surface area (Å²) in [5.74, 6) is 0.241. The highest BCUT2D eigenvalue weighted by molar-refractivity contribution is 5.82. The number of likely N-dealkylation sites (tertiary alicyclic amines) is 1. The molecule has 0 saturated carbocycles. The monoisotopic (exact) mass is 278 g/mol. The molecular weight excluding hydrogens is 252 g/mol. The van der Waals surface area contributed by atoms with Crippen molar-refractivity contribution < 1.29 is 4.79 Å². The zero-order chi connectivity index (χ0) is 15.0. The van der Waals surface area contributed by atoms with Gasteiger partial charge in [-0.25, -0.2) is 0 Å². The molecule has 1 unspecified atom stereocenters. The Labute approximate surface area is 121 Å². The van der Waals surface area contributed by atoms with E-state index in [0.29, 0.717) is 0 Å². The van der Waals surface area contributed by atoms with Crippen LogP contribution in [-0.4, -0.2) is 33.2 Å². The highest BCUT2D eigenvalue weighted by atomic mass is 16.2. The van der Waals surface area contributed by atoms with Crippen molar-refractivity contribution in [1.82, 2.24) is 14.7 Å². The summed E-state index contributed by atoms with van der Waals surface area (Å²) in [7, 11) is 1.95. The van der Waals surface area contributed by atoms with Gasteiger partial charge in [0.2, 0.25) is 5.91 Å². The number of nitrogens with two attached hydrogens (primary N) is 1. The van der Waals surface area contributed by atoms with Crippen LogP contribution in [0.1, 0.15) is 49.7 Å². The Morgan fingerprint density at radius 1 is 1.40 bits per heavy atom. The average molecular weight is 278 g/mol. The van der Waals surface area contributed by atoms with Gasteiger partial charge in [-0.1, -0.05) is 13.8 Å². The van der Waals surface area contributed by atoms with E-state index in [1.807, 2.05) is 37.4 Å². The van der Waals surface area contributed by atoms with E-state index in [-0.39, 0.29) is 17.9 Å². The van der Waals surface area contributed by atoms with Crippen LogP contribution >= 0.6 is 0 Å². The number of amides is 1. The highest BCUT2D eigenvalue weighted by Gasteiger charge is 2.36. The first-order chi connectivity index (χ1) is 9.34. The quantitative estimate of drug-likeness (QED) is 0.915. The summed E-state index contributed by atoms with van der Waals surface area (Å²) < 4.78 is 1.90. The van der Waals surface area contributed by atoms with E-state index in [1.165, 1.54) is 5.56 Å². The fourth-order valence-electron chi connectivity index (χ4n) is 3.08. The van der Waals surface area contributed by atoms with Crippen LogP contribution < -0.4 is 5.73 Å². The van der Waals surface area contributed by atoms with E-state index in [0.717, 1.165) is 30.8 Å². The van der Waals surface area contributed by atoms with Gasteiger partial charge in [0.15, 0.2) is 0 Å². The van der Waals surface area contributed by atoms with Crippen LogP contribution in [0, 0.1) is 19.8 Å². The van der Waals surface area contributed by atoms with Gasteiger partial charge >= 0.3 is 0 Å². The Balaban J connectivity index is 2.30. The van der Waals surface area contributed by atoms with Crippen molar-refractivity contribution >= 4 is 5.91 Å². The lowest BCUT2D eigenvalue weighted by atomic mass is 10.00. The predicted molar refractivity (Wildman–Crippen MR) is 79.2 cm³/mol. The zero-order valence-electron chi connectivity index (χ0n) is 13.2. The van der Waals surface area contributed by atoms with E-state index in [2.05, 4.69) is 12.0 Å². The largest absolute Gasteiger partial charge is 0.334 e. The molecule has 1 aromatic heterocycles. The Bertz CT molecular complexity index is 506. The molecule has 1 aliphatic heterocycles. The molecule has 1 saturated heterocycles. The molecule has 1 fully saturated rings. The zero-order valence-corrected chi connectivity index (χ0v) is 13.2. The lowest BCUT2D eigenvalue weighted by Crippen LogP contribution is -2.46. The topological polar surface area (TPSA) is 64.2 Å². The third-order valence-corrected chi connectivity index (χ3v) is 4.44.